The molecule has 0 amide bonds. The van der Waals surface area contributed by atoms with E-state index in [1.54, 1.807) is 12.1 Å². The van der Waals surface area contributed by atoms with Gasteiger partial charge in [0.25, 0.3) is 0 Å². The minimum atomic E-state index is -0.303. The van der Waals surface area contributed by atoms with Crippen LogP contribution in [0.4, 0.5) is 4.39 Å². The van der Waals surface area contributed by atoms with E-state index in [0.29, 0.717) is 10.3 Å². The van der Waals surface area contributed by atoms with Crippen LogP contribution in [0.5, 0.6) is 0 Å². The van der Waals surface area contributed by atoms with Gasteiger partial charge in [-0.25, -0.2) is 19.3 Å². The molecule has 0 bridgehead atoms. The van der Waals surface area contributed by atoms with Crippen molar-refractivity contribution in [3.8, 4) is 11.4 Å². The lowest BCUT2D eigenvalue weighted by atomic mass is 10.2. The Kier molecular flexibility index (Phi) is 2.49. The maximum absolute atomic E-state index is 12.9. The molecule has 1 heterocycles. The first-order valence-corrected chi connectivity index (χ1v) is 4.64. The molecule has 0 aliphatic rings. The van der Waals surface area contributed by atoms with Gasteiger partial charge in [-0.05, 0) is 34.1 Å². The fourth-order valence-corrected chi connectivity index (χ4v) is 1.40. The van der Waals surface area contributed by atoms with Crippen LogP contribution in [0.25, 0.3) is 11.4 Å². The van der Waals surface area contributed by atoms with Crippen LogP contribution in [0.1, 0.15) is 0 Å². The fourth-order valence-electron chi connectivity index (χ4n) is 1.02. The van der Waals surface area contributed by atoms with Gasteiger partial charge in [0.1, 0.15) is 18.5 Å². The molecule has 2 rings (SSSR count). The third-order valence-electron chi connectivity index (χ3n) is 1.67. The largest absolute Gasteiger partial charge is 0.225 e. The summed E-state index contributed by atoms with van der Waals surface area (Å²) < 4.78 is 13.3. The molecule has 5 heteroatoms. The van der Waals surface area contributed by atoms with Crippen LogP contribution >= 0.6 is 15.9 Å². The fraction of sp³-hybridized carbons (Fsp3) is 0. The molecule has 2 aromatic rings. The summed E-state index contributed by atoms with van der Waals surface area (Å²) in [5.74, 6) is 0.225. The van der Waals surface area contributed by atoms with E-state index < -0.39 is 0 Å². The molecular formula is C9H5BrFN3. The van der Waals surface area contributed by atoms with Crippen molar-refractivity contribution in [2.24, 2.45) is 0 Å². The zero-order valence-electron chi connectivity index (χ0n) is 6.98. The second-order valence-corrected chi connectivity index (χ2v) is 3.45. The number of rotatable bonds is 1. The van der Waals surface area contributed by atoms with Crippen molar-refractivity contribution in [1.82, 2.24) is 15.0 Å². The highest BCUT2D eigenvalue weighted by atomic mass is 79.9. The third kappa shape index (κ3) is 1.77. The van der Waals surface area contributed by atoms with Crippen molar-refractivity contribution in [2.45, 2.75) is 0 Å². The molecule has 0 saturated carbocycles. The van der Waals surface area contributed by atoms with Gasteiger partial charge in [0, 0.05) is 5.56 Å². The molecule has 1 aromatic carbocycles. The second-order valence-electron chi connectivity index (χ2n) is 2.59. The average molecular weight is 254 g/mol. The summed E-state index contributed by atoms with van der Waals surface area (Å²) in [7, 11) is 0. The van der Waals surface area contributed by atoms with Gasteiger partial charge < -0.3 is 0 Å². The smallest absolute Gasteiger partial charge is 0.162 e. The first-order valence-electron chi connectivity index (χ1n) is 3.85. The first kappa shape index (κ1) is 9.21. The van der Waals surface area contributed by atoms with Crippen molar-refractivity contribution in [3.05, 3.63) is 41.1 Å². The summed E-state index contributed by atoms with van der Waals surface area (Å²) >= 11 is 3.10. The summed E-state index contributed by atoms with van der Waals surface area (Å²) in [6.45, 7) is 0. The lowest BCUT2D eigenvalue weighted by Gasteiger charge is -1.99. The summed E-state index contributed by atoms with van der Waals surface area (Å²) in [5, 5.41) is 0. The Labute approximate surface area is 88.2 Å². The molecule has 0 atom stereocenters. The summed E-state index contributed by atoms with van der Waals surface area (Å²) in [4.78, 5) is 11.6. The van der Waals surface area contributed by atoms with Crippen LogP contribution in [-0.2, 0) is 0 Å². The predicted molar refractivity (Wildman–Crippen MR) is 52.9 cm³/mol. The van der Waals surface area contributed by atoms with E-state index in [9.17, 15) is 4.39 Å². The maximum atomic E-state index is 12.9. The lowest BCUT2D eigenvalue weighted by molar-refractivity contribution is 0.621. The second kappa shape index (κ2) is 3.79. The SMILES string of the molecule is Fc1ccc(-c2ncncn2)cc1Br. The van der Waals surface area contributed by atoms with Crippen LogP contribution in [0.2, 0.25) is 0 Å². The summed E-state index contributed by atoms with van der Waals surface area (Å²) in [5.41, 5.74) is 0.751. The van der Waals surface area contributed by atoms with E-state index >= 15 is 0 Å². The highest BCUT2D eigenvalue weighted by molar-refractivity contribution is 9.10. The topological polar surface area (TPSA) is 38.7 Å². The molecule has 3 nitrogen and oxygen atoms in total. The zero-order chi connectivity index (χ0) is 9.97. The Hall–Kier alpha value is -1.36. The van der Waals surface area contributed by atoms with Gasteiger partial charge in [0.15, 0.2) is 5.82 Å². The van der Waals surface area contributed by atoms with Crippen LogP contribution in [-0.4, -0.2) is 15.0 Å². The molecule has 0 aliphatic carbocycles. The number of aromatic nitrogens is 3. The Morgan fingerprint density at radius 1 is 1.14 bits per heavy atom. The zero-order valence-corrected chi connectivity index (χ0v) is 8.57. The van der Waals surface area contributed by atoms with E-state index in [1.807, 2.05) is 0 Å². The van der Waals surface area contributed by atoms with Crippen molar-refractivity contribution in [1.29, 1.82) is 0 Å². The number of benzene rings is 1. The van der Waals surface area contributed by atoms with E-state index in [-0.39, 0.29) is 5.82 Å². The van der Waals surface area contributed by atoms with Crippen molar-refractivity contribution in [3.63, 3.8) is 0 Å². The summed E-state index contributed by atoms with van der Waals surface area (Å²) in [6.07, 6.45) is 2.80. The van der Waals surface area contributed by atoms with Gasteiger partial charge in [0.05, 0.1) is 4.47 Å². The average Bonchev–Trinajstić information content (AvgIpc) is 2.23. The first-order chi connectivity index (χ1) is 6.77. The standard InChI is InChI=1S/C9H5BrFN3/c10-7-3-6(1-2-8(7)11)9-13-4-12-5-14-9/h1-5H. The minimum Gasteiger partial charge on any atom is -0.225 e. The quantitative estimate of drug-likeness (QED) is 0.784. The number of nitrogens with zero attached hydrogens (tertiary/aromatic N) is 3. The molecule has 1 aromatic heterocycles. The highest BCUT2D eigenvalue weighted by Crippen LogP contribution is 2.21. The van der Waals surface area contributed by atoms with Crippen LogP contribution in [0.3, 0.4) is 0 Å². The van der Waals surface area contributed by atoms with Gasteiger partial charge in [-0.3, -0.25) is 0 Å². The van der Waals surface area contributed by atoms with Crippen molar-refractivity contribution < 1.29 is 4.39 Å². The van der Waals surface area contributed by atoms with Crippen molar-refractivity contribution in [2.75, 3.05) is 0 Å². The third-order valence-corrected chi connectivity index (χ3v) is 2.28. The predicted octanol–water partition coefficient (Wildman–Crippen LogP) is 2.44. The molecule has 0 saturated heterocycles. The lowest BCUT2D eigenvalue weighted by Crippen LogP contribution is -1.89. The monoisotopic (exact) mass is 253 g/mol. The van der Waals surface area contributed by atoms with Gasteiger partial charge in [-0.15, -0.1) is 0 Å². The van der Waals surface area contributed by atoms with Crippen LogP contribution < -0.4 is 0 Å². The molecule has 14 heavy (non-hydrogen) atoms. The van der Waals surface area contributed by atoms with E-state index in [2.05, 4.69) is 30.9 Å². The Morgan fingerprint density at radius 3 is 2.50 bits per heavy atom. The highest BCUT2D eigenvalue weighted by Gasteiger charge is 2.03. The van der Waals surface area contributed by atoms with Gasteiger partial charge in [-0.1, -0.05) is 0 Å². The molecular weight excluding hydrogens is 249 g/mol. The van der Waals surface area contributed by atoms with Crippen LogP contribution in [0, 0.1) is 5.82 Å². The Bertz CT molecular complexity index is 447. The summed E-state index contributed by atoms with van der Waals surface area (Å²) in [6, 6.07) is 4.61. The van der Waals surface area contributed by atoms with Crippen LogP contribution in [0.15, 0.2) is 35.3 Å². The molecule has 0 aliphatic heterocycles. The van der Waals surface area contributed by atoms with E-state index in [1.165, 1.54) is 18.7 Å². The maximum Gasteiger partial charge on any atom is 0.162 e. The van der Waals surface area contributed by atoms with Gasteiger partial charge in [0.2, 0.25) is 0 Å². The Balaban J connectivity index is 2.48. The Morgan fingerprint density at radius 2 is 1.86 bits per heavy atom. The number of hydrogen-bond donors (Lipinski definition) is 0. The molecule has 0 radical (unpaired) electrons. The molecule has 0 unspecified atom stereocenters. The molecule has 70 valence electrons. The van der Waals surface area contributed by atoms with E-state index in [0.717, 1.165) is 5.56 Å². The van der Waals surface area contributed by atoms with Gasteiger partial charge in [-0.2, -0.15) is 0 Å². The van der Waals surface area contributed by atoms with Gasteiger partial charge >= 0.3 is 0 Å². The molecule has 0 spiro atoms. The minimum absolute atomic E-state index is 0.303. The molecule has 0 N–H and O–H groups in total. The van der Waals surface area contributed by atoms with E-state index in [4.69, 9.17) is 0 Å². The number of halogens is 2. The normalized spacial score (nSPS) is 10.1. The number of hydrogen-bond acceptors (Lipinski definition) is 3. The molecule has 0 fully saturated rings. The van der Waals surface area contributed by atoms with Crippen molar-refractivity contribution >= 4 is 15.9 Å².